The Hall–Kier alpha value is -1.85. The molecule has 0 radical (unpaired) electrons. The summed E-state index contributed by atoms with van der Waals surface area (Å²) in [6.07, 6.45) is 0.740. The van der Waals surface area contributed by atoms with Gasteiger partial charge in [-0.1, -0.05) is 24.3 Å². The molecule has 5 nitrogen and oxygen atoms in total. The number of rotatable bonds is 3. The van der Waals surface area contributed by atoms with Crippen LogP contribution in [0.1, 0.15) is 11.7 Å². The standard InChI is InChI=1S/C12H15N3O2/c1-15-12(13)10(6-14-15)8-4-2-3-5-9(8)11(17)7-16/h2-6,11,16-17H,7,13H2,1H3. The number of aliphatic hydroxyl groups excluding tert-OH is 2. The van der Waals surface area contributed by atoms with Gasteiger partial charge in [-0.05, 0) is 11.1 Å². The van der Waals surface area contributed by atoms with Gasteiger partial charge in [0, 0.05) is 12.6 Å². The van der Waals surface area contributed by atoms with E-state index in [-0.39, 0.29) is 6.61 Å². The highest BCUT2D eigenvalue weighted by Gasteiger charge is 2.15. The van der Waals surface area contributed by atoms with Gasteiger partial charge >= 0.3 is 0 Å². The molecule has 0 aliphatic rings. The van der Waals surface area contributed by atoms with E-state index in [0.29, 0.717) is 11.4 Å². The summed E-state index contributed by atoms with van der Waals surface area (Å²) in [5.41, 5.74) is 8.10. The highest BCUT2D eigenvalue weighted by Crippen LogP contribution is 2.31. The molecule has 1 aromatic carbocycles. The number of anilines is 1. The average Bonchev–Trinajstić information content (AvgIpc) is 2.69. The smallest absolute Gasteiger partial charge is 0.129 e. The average molecular weight is 233 g/mol. The van der Waals surface area contributed by atoms with E-state index in [1.54, 1.807) is 24.0 Å². The minimum Gasteiger partial charge on any atom is -0.393 e. The van der Waals surface area contributed by atoms with Crippen LogP contribution in [-0.4, -0.2) is 26.6 Å². The molecule has 17 heavy (non-hydrogen) atoms. The number of aryl methyl sites for hydroxylation is 1. The molecule has 1 unspecified atom stereocenters. The van der Waals surface area contributed by atoms with Crippen molar-refractivity contribution in [3.8, 4) is 11.1 Å². The van der Waals surface area contributed by atoms with Crippen LogP contribution in [0.25, 0.3) is 11.1 Å². The molecule has 1 aromatic heterocycles. The second kappa shape index (κ2) is 4.57. The van der Waals surface area contributed by atoms with Crippen LogP contribution in [0, 0.1) is 0 Å². The predicted molar refractivity (Wildman–Crippen MR) is 65.1 cm³/mol. The lowest BCUT2D eigenvalue weighted by atomic mass is 9.98. The van der Waals surface area contributed by atoms with Crippen LogP contribution in [0.5, 0.6) is 0 Å². The maximum Gasteiger partial charge on any atom is 0.129 e. The number of nitrogens with two attached hydrogens (primary N) is 1. The van der Waals surface area contributed by atoms with Crippen molar-refractivity contribution in [1.82, 2.24) is 9.78 Å². The van der Waals surface area contributed by atoms with Gasteiger partial charge in [-0.15, -0.1) is 0 Å². The third-order valence-corrected chi connectivity index (χ3v) is 2.77. The summed E-state index contributed by atoms with van der Waals surface area (Å²) >= 11 is 0. The lowest BCUT2D eigenvalue weighted by Crippen LogP contribution is -2.05. The van der Waals surface area contributed by atoms with Crippen molar-refractivity contribution in [2.45, 2.75) is 6.10 Å². The molecule has 0 amide bonds. The van der Waals surface area contributed by atoms with Crippen molar-refractivity contribution >= 4 is 5.82 Å². The van der Waals surface area contributed by atoms with E-state index in [4.69, 9.17) is 10.8 Å². The van der Waals surface area contributed by atoms with Crippen molar-refractivity contribution in [3.05, 3.63) is 36.0 Å². The predicted octanol–water partition coefficient (Wildman–Crippen LogP) is 0.695. The molecular weight excluding hydrogens is 218 g/mol. The molecule has 1 heterocycles. The minimum atomic E-state index is -0.911. The van der Waals surface area contributed by atoms with Crippen molar-refractivity contribution in [3.63, 3.8) is 0 Å². The summed E-state index contributed by atoms with van der Waals surface area (Å²) in [6.45, 7) is -0.322. The first-order chi connectivity index (χ1) is 8.15. The van der Waals surface area contributed by atoms with Gasteiger partial charge in [-0.25, -0.2) is 0 Å². The molecule has 0 saturated heterocycles. The van der Waals surface area contributed by atoms with Crippen LogP contribution >= 0.6 is 0 Å². The molecule has 2 aromatic rings. The maximum absolute atomic E-state index is 9.75. The molecule has 0 aliphatic heterocycles. The third kappa shape index (κ3) is 2.02. The SMILES string of the molecule is Cn1ncc(-c2ccccc2C(O)CO)c1N. The van der Waals surface area contributed by atoms with Crippen LogP contribution in [-0.2, 0) is 7.05 Å². The van der Waals surface area contributed by atoms with E-state index in [1.165, 1.54) is 0 Å². The highest BCUT2D eigenvalue weighted by atomic mass is 16.3. The lowest BCUT2D eigenvalue weighted by Gasteiger charge is -2.13. The number of hydrogen-bond donors (Lipinski definition) is 3. The first-order valence-corrected chi connectivity index (χ1v) is 5.31. The lowest BCUT2D eigenvalue weighted by molar-refractivity contribution is 0.0960. The zero-order valence-corrected chi connectivity index (χ0v) is 9.54. The van der Waals surface area contributed by atoms with Gasteiger partial charge in [0.1, 0.15) is 11.9 Å². The van der Waals surface area contributed by atoms with Crippen molar-refractivity contribution in [1.29, 1.82) is 0 Å². The molecule has 2 rings (SSSR count). The Kier molecular flexibility index (Phi) is 3.12. The Morgan fingerprint density at radius 2 is 2.06 bits per heavy atom. The number of aliphatic hydroxyl groups is 2. The van der Waals surface area contributed by atoms with Crippen LogP contribution in [0.3, 0.4) is 0 Å². The topological polar surface area (TPSA) is 84.3 Å². The van der Waals surface area contributed by atoms with Crippen LogP contribution in [0.4, 0.5) is 5.82 Å². The van der Waals surface area contributed by atoms with E-state index in [1.807, 2.05) is 18.2 Å². The van der Waals surface area contributed by atoms with E-state index >= 15 is 0 Å². The van der Waals surface area contributed by atoms with Crippen molar-refractivity contribution in [2.75, 3.05) is 12.3 Å². The fraction of sp³-hybridized carbons (Fsp3) is 0.250. The first kappa shape index (κ1) is 11.6. The minimum absolute atomic E-state index is 0.322. The number of nitrogen functional groups attached to an aromatic ring is 1. The summed E-state index contributed by atoms with van der Waals surface area (Å²) in [5, 5.41) is 22.8. The molecule has 0 bridgehead atoms. The fourth-order valence-electron chi connectivity index (χ4n) is 1.79. The van der Waals surface area contributed by atoms with Gasteiger partial charge in [0.05, 0.1) is 12.8 Å². The van der Waals surface area contributed by atoms with E-state index < -0.39 is 6.10 Å². The number of benzene rings is 1. The maximum atomic E-state index is 9.75. The quantitative estimate of drug-likeness (QED) is 0.728. The molecule has 0 fully saturated rings. The van der Waals surface area contributed by atoms with Gasteiger partial charge in [0.2, 0.25) is 0 Å². The van der Waals surface area contributed by atoms with Gasteiger partial charge in [0.25, 0.3) is 0 Å². The van der Waals surface area contributed by atoms with Gasteiger partial charge < -0.3 is 15.9 Å². The molecular formula is C12H15N3O2. The Morgan fingerprint density at radius 1 is 1.35 bits per heavy atom. The first-order valence-electron chi connectivity index (χ1n) is 5.31. The monoisotopic (exact) mass is 233 g/mol. The van der Waals surface area contributed by atoms with Crippen molar-refractivity contribution in [2.24, 2.45) is 7.05 Å². The van der Waals surface area contributed by atoms with Crippen molar-refractivity contribution < 1.29 is 10.2 Å². The van der Waals surface area contributed by atoms with Gasteiger partial charge in [-0.2, -0.15) is 5.10 Å². The van der Waals surface area contributed by atoms with Crippen LogP contribution in [0.15, 0.2) is 30.5 Å². The molecule has 0 saturated carbocycles. The summed E-state index contributed by atoms with van der Waals surface area (Å²) in [7, 11) is 1.75. The molecule has 0 aliphatic carbocycles. The Labute approximate surface area is 99.1 Å². The Morgan fingerprint density at radius 3 is 2.65 bits per heavy atom. The highest BCUT2D eigenvalue weighted by molar-refractivity contribution is 5.76. The van der Waals surface area contributed by atoms with Crippen LogP contribution in [0.2, 0.25) is 0 Å². The fourth-order valence-corrected chi connectivity index (χ4v) is 1.79. The van der Waals surface area contributed by atoms with E-state index in [9.17, 15) is 5.11 Å². The summed E-state index contributed by atoms with van der Waals surface area (Å²) < 4.78 is 1.57. The largest absolute Gasteiger partial charge is 0.393 e. The molecule has 5 heteroatoms. The van der Waals surface area contributed by atoms with Gasteiger partial charge in [0.15, 0.2) is 0 Å². The summed E-state index contributed by atoms with van der Waals surface area (Å²) in [5.74, 6) is 0.530. The third-order valence-electron chi connectivity index (χ3n) is 2.77. The zero-order valence-electron chi connectivity index (χ0n) is 9.54. The summed E-state index contributed by atoms with van der Waals surface area (Å²) in [6, 6.07) is 7.28. The summed E-state index contributed by atoms with van der Waals surface area (Å²) in [4.78, 5) is 0. The van der Waals surface area contributed by atoms with E-state index in [2.05, 4.69) is 5.10 Å². The number of nitrogens with zero attached hydrogens (tertiary/aromatic N) is 2. The molecule has 0 spiro atoms. The second-order valence-corrected chi connectivity index (χ2v) is 3.85. The molecule has 4 N–H and O–H groups in total. The molecule has 90 valence electrons. The Balaban J connectivity index is 2.56. The second-order valence-electron chi connectivity index (χ2n) is 3.85. The van der Waals surface area contributed by atoms with E-state index in [0.717, 1.165) is 11.1 Å². The molecule has 1 atom stereocenters. The number of hydrogen-bond acceptors (Lipinski definition) is 4. The Bertz CT molecular complexity index is 522. The van der Waals surface area contributed by atoms with Gasteiger partial charge in [-0.3, -0.25) is 4.68 Å². The van der Waals surface area contributed by atoms with Crippen LogP contribution < -0.4 is 5.73 Å². The zero-order chi connectivity index (χ0) is 12.4. The number of aromatic nitrogens is 2. The normalized spacial score (nSPS) is 12.6.